The van der Waals surface area contributed by atoms with E-state index in [9.17, 15) is 0 Å². The van der Waals surface area contributed by atoms with Crippen molar-refractivity contribution < 1.29 is 0 Å². The number of aryl methyl sites for hydroxylation is 1. The number of fused-ring (bicyclic) bond motifs is 1. The van der Waals surface area contributed by atoms with Crippen LogP contribution in [-0.2, 0) is 13.0 Å². The lowest BCUT2D eigenvalue weighted by molar-refractivity contribution is 0.452. The molecule has 1 aromatic carbocycles. The Balaban J connectivity index is 1.90. The zero-order chi connectivity index (χ0) is 13.4. The molecule has 3 nitrogen and oxygen atoms in total. The maximum absolute atomic E-state index is 6.50. The monoisotopic (exact) mass is 319 g/mol. The average molecular weight is 320 g/mol. The molecule has 4 heteroatoms. The van der Waals surface area contributed by atoms with Gasteiger partial charge in [0.25, 0.3) is 0 Å². The van der Waals surface area contributed by atoms with Crippen LogP contribution in [0.1, 0.15) is 42.1 Å². The number of nitrogens with two attached hydrogens (primary N) is 1. The summed E-state index contributed by atoms with van der Waals surface area (Å²) in [4.78, 5) is 0. The Morgan fingerprint density at radius 3 is 3.00 bits per heavy atom. The Morgan fingerprint density at radius 1 is 1.47 bits per heavy atom. The molecule has 1 aliphatic carbocycles. The van der Waals surface area contributed by atoms with Gasteiger partial charge in [-0.1, -0.05) is 31.2 Å². The number of halogens is 1. The van der Waals surface area contributed by atoms with Crippen molar-refractivity contribution in [2.75, 3.05) is 0 Å². The molecule has 0 bridgehead atoms. The molecule has 0 amide bonds. The average Bonchev–Trinajstić information content (AvgIpc) is 2.72. The molecule has 3 rings (SSSR count). The number of nitrogens with zero attached hydrogens (tertiary/aromatic N) is 2. The van der Waals surface area contributed by atoms with Gasteiger partial charge in [-0.3, -0.25) is 4.68 Å². The van der Waals surface area contributed by atoms with Gasteiger partial charge in [0.15, 0.2) is 0 Å². The number of hydrogen-bond acceptors (Lipinski definition) is 2. The molecule has 2 N–H and O–H groups in total. The second kappa shape index (κ2) is 5.10. The van der Waals surface area contributed by atoms with Crippen molar-refractivity contribution in [3.63, 3.8) is 0 Å². The van der Waals surface area contributed by atoms with Crippen molar-refractivity contribution in [3.8, 4) is 0 Å². The predicted octanol–water partition coefficient (Wildman–Crippen LogP) is 3.40. The Labute approximate surface area is 121 Å². The number of aromatic nitrogens is 2. The van der Waals surface area contributed by atoms with E-state index in [0.29, 0.717) is 5.92 Å². The van der Waals surface area contributed by atoms with Gasteiger partial charge in [-0.15, -0.1) is 0 Å². The van der Waals surface area contributed by atoms with Gasteiger partial charge < -0.3 is 5.73 Å². The SMILES string of the molecule is CCCn1ncc(Br)c1C(N)C1Cc2ccccc21. The van der Waals surface area contributed by atoms with E-state index in [2.05, 4.69) is 52.2 Å². The van der Waals surface area contributed by atoms with E-state index < -0.39 is 0 Å². The van der Waals surface area contributed by atoms with E-state index in [1.165, 1.54) is 11.1 Å². The summed E-state index contributed by atoms with van der Waals surface area (Å²) in [6.07, 6.45) is 3.99. The van der Waals surface area contributed by atoms with E-state index in [0.717, 1.165) is 29.6 Å². The molecule has 1 aliphatic rings. The third-order valence-corrected chi connectivity index (χ3v) is 4.52. The van der Waals surface area contributed by atoms with E-state index in [1.54, 1.807) is 0 Å². The highest BCUT2D eigenvalue weighted by Crippen LogP contribution is 2.43. The van der Waals surface area contributed by atoms with Crippen molar-refractivity contribution in [1.29, 1.82) is 0 Å². The molecule has 0 radical (unpaired) electrons. The molecule has 0 fully saturated rings. The molecular formula is C15H18BrN3. The van der Waals surface area contributed by atoms with E-state index >= 15 is 0 Å². The molecule has 2 unspecified atom stereocenters. The number of benzene rings is 1. The molecule has 1 aromatic heterocycles. The smallest absolute Gasteiger partial charge is 0.0699 e. The quantitative estimate of drug-likeness (QED) is 0.938. The highest BCUT2D eigenvalue weighted by molar-refractivity contribution is 9.10. The zero-order valence-corrected chi connectivity index (χ0v) is 12.6. The van der Waals surface area contributed by atoms with Crippen LogP contribution in [0.15, 0.2) is 34.9 Å². The van der Waals surface area contributed by atoms with Crippen LogP contribution in [0.5, 0.6) is 0 Å². The highest BCUT2D eigenvalue weighted by Gasteiger charge is 2.34. The van der Waals surface area contributed by atoms with Gasteiger partial charge in [0, 0.05) is 12.5 Å². The van der Waals surface area contributed by atoms with Crippen LogP contribution >= 0.6 is 15.9 Å². The number of hydrogen-bond donors (Lipinski definition) is 1. The molecule has 19 heavy (non-hydrogen) atoms. The second-order valence-electron chi connectivity index (χ2n) is 5.14. The zero-order valence-electron chi connectivity index (χ0n) is 11.0. The number of rotatable bonds is 4. The first kappa shape index (κ1) is 12.9. The van der Waals surface area contributed by atoms with Crippen molar-refractivity contribution >= 4 is 15.9 Å². The normalized spacial score (nSPS) is 18.8. The Hall–Kier alpha value is -1.13. The Kier molecular flexibility index (Phi) is 3.46. The largest absolute Gasteiger partial charge is 0.322 e. The van der Waals surface area contributed by atoms with Crippen molar-refractivity contribution in [2.24, 2.45) is 5.73 Å². The lowest BCUT2D eigenvalue weighted by atomic mass is 9.73. The molecular weight excluding hydrogens is 302 g/mol. The van der Waals surface area contributed by atoms with Gasteiger partial charge in [0.05, 0.1) is 22.4 Å². The highest BCUT2D eigenvalue weighted by atomic mass is 79.9. The van der Waals surface area contributed by atoms with Gasteiger partial charge in [-0.2, -0.15) is 5.10 Å². The van der Waals surface area contributed by atoms with Gasteiger partial charge in [-0.05, 0) is 39.9 Å². The molecule has 0 saturated heterocycles. The van der Waals surface area contributed by atoms with Crippen LogP contribution in [0.25, 0.3) is 0 Å². The third-order valence-electron chi connectivity index (χ3n) is 3.91. The minimum atomic E-state index is 0.0123. The summed E-state index contributed by atoms with van der Waals surface area (Å²) < 4.78 is 3.06. The molecule has 2 aromatic rings. The molecule has 100 valence electrons. The molecule has 2 atom stereocenters. The molecule has 0 spiro atoms. The fraction of sp³-hybridized carbons (Fsp3) is 0.400. The van der Waals surface area contributed by atoms with Crippen LogP contribution in [0.4, 0.5) is 0 Å². The van der Waals surface area contributed by atoms with Gasteiger partial charge in [-0.25, -0.2) is 0 Å². The van der Waals surface area contributed by atoms with Gasteiger partial charge in [0.2, 0.25) is 0 Å². The maximum atomic E-state index is 6.50. The summed E-state index contributed by atoms with van der Waals surface area (Å²) in [5.41, 5.74) is 10.5. The van der Waals surface area contributed by atoms with Gasteiger partial charge in [0.1, 0.15) is 0 Å². The fourth-order valence-electron chi connectivity index (χ4n) is 2.90. The first-order chi connectivity index (χ1) is 9.22. The van der Waals surface area contributed by atoms with Gasteiger partial charge >= 0.3 is 0 Å². The topological polar surface area (TPSA) is 43.8 Å². The Bertz CT molecular complexity index is 591. The summed E-state index contributed by atoms with van der Waals surface area (Å²) >= 11 is 3.59. The van der Waals surface area contributed by atoms with Crippen LogP contribution in [0.2, 0.25) is 0 Å². The standard InChI is InChI=1S/C15H18BrN3/c1-2-7-19-15(13(16)9-18-19)14(17)12-8-10-5-3-4-6-11(10)12/h3-6,9,12,14H,2,7-8,17H2,1H3. The second-order valence-corrected chi connectivity index (χ2v) is 5.99. The predicted molar refractivity (Wildman–Crippen MR) is 80.0 cm³/mol. The molecule has 0 saturated carbocycles. The summed E-state index contributed by atoms with van der Waals surface area (Å²) in [6, 6.07) is 8.58. The fourth-order valence-corrected chi connectivity index (χ4v) is 3.46. The van der Waals surface area contributed by atoms with E-state index in [1.807, 2.05) is 10.9 Å². The minimum absolute atomic E-state index is 0.0123. The third kappa shape index (κ3) is 2.13. The summed E-state index contributed by atoms with van der Waals surface area (Å²) in [7, 11) is 0. The van der Waals surface area contributed by atoms with Crippen molar-refractivity contribution in [2.45, 2.75) is 38.3 Å². The summed E-state index contributed by atoms with van der Waals surface area (Å²) in [5, 5.41) is 4.41. The van der Waals surface area contributed by atoms with Crippen LogP contribution in [-0.4, -0.2) is 9.78 Å². The lowest BCUT2D eigenvalue weighted by Gasteiger charge is -2.35. The summed E-state index contributed by atoms with van der Waals surface area (Å²) in [5.74, 6) is 0.416. The van der Waals surface area contributed by atoms with Crippen LogP contribution in [0.3, 0.4) is 0 Å². The maximum Gasteiger partial charge on any atom is 0.0699 e. The van der Waals surface area contributed by atoms with Crippen molar-refractivity contribution in [1.82, 2.24) is 9.78 Å². The Morgan fingerprint density at radius 2 is 2.26 bits per heavy atom. The lowest BCUT2D eigenvalue weighted by Crippen LogP contribution is -2.31. The first-order valence-corrected chi connectivity index (χ1v) is 7.56. The molecule has 1 heterocycles. The first-order valence-electron chi connectivity index (χ1n) is 6.77. The van der Waals surface area contributed by atoms with Crippen LogP contribution < -0.4 is 5.73 Å². The molecule has 0 aliphatic heterocycles. The van der Waals surface area contributed by atoms with E-state index in [4.69, 9.17) is 5.73 Å². The summed E-state index contributed by atoms with van der Waals surface area (Å²) in [6.45, 7) is 3.08. The van der Waals surface area contributed by atoms with Crippen LogP contribution in [0, 0.1) is 0 Å². The van der Waals surface area contributed by atoms with E-state index in [-0.39, 0.29) is 6.04 Å². The van der Waals surface area contributed by atoms with Crippen molar-refractivity contribution in [3.05, 3.63) is 51.8 Å². The minimum Gasteiger partial charge on any atom is -0.322 e.